The Morgan fingerprint density at radius 1 is 1.19 bits per heavy atom. The molecule has 0 fully saturated rings. The van der Waals surface area contributed by atoms with Crippen LogP contribution in [0.4, 0.5) is 5.69 Å². The minimum atomic E-state index is -0.794. The monoisotopic (exact) mass is 417 g/mol. The number of carbonyl (C=O) groups excluding carboxylic acids is 1. The van der Waals surface area contributed by atoms with Gasteiger partial charge in [0.25, 0.3) is 5.69 Å². The van der Waals surface area contributed by atoms with Gasteiger partial charge in [0.15, 0.2) is 5.78 Å². The zero-order valence-corrected chi connectivity index (χ0v) is 16.7. The van der Waals surface area contributed by atoms with Crippen molar-refractivity contribution in [2.75, 3.05) is 7.11 Å². The highest BCUT2D eigenvalue weighted by molar-refractivity contribution is 6.00. The van der Waals surface area contributed by atoms with Crippen molar-refractivity contribution in [3.05, 3.63) is 92.6 Å². The average Bonchev–Trinajstić information content (AvgIpc) is 2.78. The molecule has 0 saturated heterocycles. The highest BCUT2D eigenvalue weighted by Crippen LogP contribution is 2.47. The normalized spacial score (nSPS) is 20.6. The van der Waals surface area contributed by atoms with Crippen molar-refractivity contribution < 1.29 is 19.2 Å². The van der Waals surface area contributed by atoms with E-state index in [4.69, 9.17) is 15.2 Å². The molecule has 156 valence electrons. The van der Waals surface area contributed by atoms with Gasteiger partial charge in [-0.05, 0) is 29.2 Å². The summed E-state index contributed by atoms with van der Waals surface area (Å²) in [5.74, 6) is -0.0292. The number of nitrogens with two attached hydrogens (primary N) is 1. The van der Waals surface area contributed by atoms with Gasteiger partial charge in [0, 0.05) is 30.5 Å². The zero-order valence-electron chi connectivity index (χ0n) is 16.7. The molecule has 0 radical (unpaired) electrons. The SMILES string of the molecule is COc1ccc([C@@H]2CC(=O)C3=C(C2)OC(N)=C(C#N)[C@@H]3c2cccc([N+](=O)[O-])c2)cc1. The number of ether oxygens (including phenoxy) is 2. The van der Waals surface area contributed by atoms with Crippen molar-refractivity contribution in [2.24, 2.45) is 5.73 Å². The van der Waals surface area contributed by atoms with Gasteiger partial charge in [-0.3, -0.25) is 14.9 Å². The van der Waals surface area contributed by atoms with E-state index in [1.807, 2.05) is 30.3 Å². The number of carbonyl (C=O) groups is 1. The van der Waals surface area contributed by atoms with Gasteiger partial charge in [-0.2, -0.15) is 5.26 Å². The molecule has 1 aliphatic heterocycles. The number of nitrogens with zero attached hydrogens (tertiary/aromatic N) is 2. The molecule has 2 atom stereocenters. The van der Waals surface area contributed by atoms with Crippen LogP contribution in [0.2, 0.25) is 0 Å². The van der Waals surface area contributed by atoms with Crippen molar-refractivity contribution in [3.63, 3.8) is 0 Å². The predicted octanol–water partition coefficient (Wildman–Crippen LogP) is 3.81. The number of rotatable bonds is 4. The van der Waals surface area contributed by atoms with E-state index in [1.165, 1.54) is 18.2 Å². The number of ketones is 1. The third kappa shape index (κ3) is 3.62. The van der Waals surface area contributed by atoms with Crippen LogP contribution in [-0.4, -0.2) is 17.8 Å². The molecule has 0 bridgehead atoms. The summed E-state index contributed by atoms with van der Waals surface area (Å²) in [4.78, 5) is 24.0. The number of nitro groups is 1. The Kier molecular flexibility index (Phi) is 5.17. The Balaban J connectivity index is 1.76. The van der Waals surface area contributed by atoms with Crippen molar-refractivity contribution in [1.29, 1.82) is 5.26 Å². The molecule has 2 aliphatic rings. The lowest BCUT2D eigenvalue weighted by Gasteiger charge is -2.34. The number of nitro benzene ring substituents is 1. The van der Waals surface area contributed by atoms with Gasteiger partial charge in [-0.25, -0.2) is 0 Å². The van der Waals surface area contributed by atoms with Gasteiger partial charge in [0.1, 0.15) is 23.2 Å². The summed E-state index contributed by atoms with van der Waals surface area (Å²) in [6.07, 6.45) is 0.663. The number of hydrogen-bond acceptors (Lipinski definition) is 7. The molecule has 0 saturated carbocycles. The number of nitriles is 1. The summed E-state index contributed by atoms with van der Waals surface area (Å²) in [5, 5.41) is 20.9. The van der Waals surface area contributed by atoms with E-state index in [0.717, 1.165) is 11.3 Å². The Morgan fingerprint density at radius 2 is 1.94 bits per heavy atom. The standard InChI is InChI=1S/C23H19N3O5/c1-30-17-7-5-13(6-8-17)15-10-19(27)22-20(11-15)31-23(25)18(12-24)21(22)14-3-2-4-16(9-14)26(28)29/h2-9,15,21H,10-11,25H2,1H3/t15-,21+/m1/s1. The van der Waals surface area contributed by atoms with E-state index < -0.39 is 10.8 Å². The Morgan fingerprint density at radius 3 is 2.58 bits per heavy atom. The van der Waals surface area contributed by atoms with Gasteiger partial charge in [0.2, 0.25) is 5.88 Å². The highest BCUT2D eigenvalue weighted by Gasteiger charge is 2.41. The second kappa shape index (κ2) is 7.95. The maximum absolute atomic E-state index is 13.2. The van der Waals surface area contributed by atoms with E-state index in [1.54, 1.807) is 13.2 Å². The summed E-state index contributed by atoms with van der Waals surface area (Å²) in [6.45, 7) is 0. The molecule has 2 N–H and O–H groups in total. The summed E-state index contributed by atoms with van der Waals surface area (Å²) in [6, 6.07) is 15.4. The van der Waals surface area contributed by atoms with Gasteiger partial charge in [0.05, 0.1) is 18.0 Å². The third-order valence-electron chi connectivity index (χ3n) is 5.66. The number of allylic oxidation sites excluding steroid dienone is 3. The zero-order chi connectivity index (χ0) is 22.1. The molecule has 8 heteroatoms. The quantitative estimate of drug-likeness (QED) is 0.591. The molecular formula is C23H19N3O5. The lowest BCUT2D eigenvalue weighted by molar-refractivity contribution is -0.384. The van der Waals surface area contributed by atoms with E-state index >= 15 is 0 Å². The van der Waals surface area contributed by atoms with Gasteiger partial charge in [-0.1, -0.05) is 24.3 Å². The first kappa shape index (κ1) is 20.2. The van der Waals surface area contributed by atoms with Crippen LogP contribution in [0.3, 0.4) is 0 Å². The second-order valence-electron chi connectivity index (χ2n) is 7.42. The minimum Gasteiger partial charge on any atom is -0.497 e. The van der Waals surface area contributed by atoms with Crippen molar-refractivity contribution in [3.8, 4) is 11.8 Å². The molecular weight excluding hydrogens is 398 g/mol. The smallest absolute Gasteiger partial charge is 0.269 e. The molecule has 0 aromatic heterocycles. The Labute approximate surface area is 178 Å². The molecule has 0 amide bonds. The predicted molar refractivity (Wildman–Crippen MR) is 111 cm³/mol. The molecule has 31 heavy (non-hydrogen) atoms. The Bertz CT molecular complexity index is 1170. The summed E-state index contributed by atoms with van der Waals surface area (Å²) >= 11 is 0. The number of non-ortho nitro benzene ring substituents is 1. The van der Waals surface area contributed by atoms with E-state index in [-0.39, 0.29) is 35.3 Å². The molecule has 2 aromatic carbocycles. The van der Waals surface area contributed by atoms with Gasteiger partial charge < -0.3 is 15.2 Å². The lowest BCUT2D eigenvalue weighted by atomic mass is 9.73. The van der Waals surface area contributed by atoms with Crippen LogP contribution >= 0.6 is 0 Å². The first-order chi connectivity index (χ1) is 14.9. The van der Waals surface area contributed by atoms with Crippen LogP contribution in [0.15, 0.2) is 71.3 Å². The van der Waals surface area contributed by atoms with Gasteiger partial charge in [-0.15, -0.1) is 0 Å². The number of Topliss-reactive ketones (excluding diaryl/α,β-unsaturated/α-hetero) is 1. The number of methoxy groups -OCH3 is 1. The molecule has 8 nitrogen and oxygen atoms in total. The fourth-order valence-corrected chi connectivity index (χ4v) is 4.17. The van der Waals surface area contributed by atoms with Crippen LogP contribution in [-0.2, 0) is 9.53 Å². The fraction of sp³-hybridized carbons (Fsp3) is 0.217. The van der Waals surface area contributed by atoms with Crippen molar-refractivity contribution in [2.45, 2.75) is 24.7 Å². The molecule has 2 aromatic rings. The highest BCUT2D eigenvalue weighted by atomic mass is 16.6. The third-order valence-corrected chi connectivity index (χ3v) is 5.66. The largest absolute Gasteiger partial charge is 0.497 e. The Hall–Kier alpha value is -4.12. The van der Waals surface area contributed by atoms with E-state index in [2.05, 4.69) is 0 Å². The average molecular weight is 417 g/mol. The van der Waals surface area contributed by atoms with Crippen LogP contribution in [0.5, 0.6) is 5.75 Å². The van der Waals surface area contributed by atoms with Crippen molar-refractivity contribution >= 4 is 11.5 Å². The number of benzene rings is 2. The number of hydrogen-bond donors (Lipinski definition) is 1. The van der Waals surface area contributed by atoms with Crippen LogP contribution < -0.4 is 10.5 Å². The molecule has 0 spiro atoms. The fourth-order valence-electron chi connectivity index (χ4n) is 4.17. The van der Waals surface area contributed by atoms with Crippen LogP contribution in [0.25, 0.3) is 0 Å². The molecule has 4 rings (SSSR count). The topological polar surface area (TPSA) is 128 Å². The van der Waals surface area contributed by atoms with E-state index in [0.29, 0.717) is 23.3 Å². The first-order valence-corrected chi connectivity index (χ1v) is 9.65. The van der Waals surface area contributed by atoms with Crippen molar-refractivity contribution in [1.82, 2.24) is 0 Å². The lowest BCUT2D eigenvalue weighted by Crippen LogP contribution is -2.29. The maximum Gasteiger partial charge on any atom is 0.269 e. The second-order valence-corrected chi connectivity index (χ2v) is 7.42. The van der Waals surface area contributed by atoms with Crippen LogP contribution in [0, 0.1) is 21.4 Å². The molecule has 1 aliphatic carbocycles. The molecule has 1 heterocycles. The molecule has 0 unspecified atom stereocenters. The first-order valence-electron chi connectivity index (χ1n) is 9.65. The van der Waals surface area contributed by atoms with Gasteiger partial charge >= 0.3 is 0 Å². The summed E-state index contributed by atoms with van der Waals surface area (Å²) < 4.78 is 10.9. The summed E-state index contributed by atoms with van der Waals surface area (Å²) in [5.41, 5.74) is 7.75. The maximum atomic E-state index is 13.2. The summed E-state index contributed by atoms with van der Waals surface area (Å²) in [7, 11) is 1.59. The minimum absolute atomic E-state index is 0.0792. The van der Waals surface area contributed by atoms with Crippen LogP contribution in [0.1, 0.15) is 35.8 Å². The van der Waals surface area contributed by atoms with E-state index in [9.17, 15) is 20.2 Å².